The topological polar surface area (TPSA) is 32.3 Å². The lowest BCUT2D eigenvalue weighted by Crippen LogP contribution is -2.31. The van der Waals surface area contributed by atoms with Crippen LogP contribution in [0, 0.1) is 0 Å². The van der Waals surface area contributed by atoms with Crippen molar-refractivity contribution in [3.63, 3.8) is 0 Å². The Morgan fingerprint density at radius 2 is 2.00 bits per heavy atom. The summed E-state index contributed by atoms with van der Waals surface area (Å²) in [4.78, 5) is 14.8. The third-order valence-electron chi connectivity index (χ3n) is 3.91. The number of unbranched alkanes of at least 4 members (excludes halogenated alkanes) is 1. The van der Waals surface area contributed by atoms with Crippen LogP contribution in [0.2, 0.25) is 0 Å². The summed E-state index contributed by atoms with van der Waals surface area (Å²) in [5.74, 6) is 0.186. The molecule has 1 fully saturated rings. The summed E-state index contributed by atoms with van der Waals surface area (Å²) in [6, 6.07) is 11.9. The number of carbonyl (C=O) groups is 1. The van der Waals surface area contributed by atoms with E-state index in [1.165, 1.54) is 5.56 Å². The number of benzene rings is 1. The Balaban J connectivity index is 1.87. The van der Waals surface area contributed by atoms with Gasteiger partial charge in [-0.3, -0.25) is 10.1 Å². The molecule has 0 bridgehead atoms. The van der Waals surface area contributed by atoms with Gasteiger partial charge in [-0.05, 0) is 34.4 Å². The van der Waals surface area contributed by atoms with Gasteiger partial charge in [0.15, 0.2) is 0 Å². The van der Waals surface area contributed by atoms with Gasteiger partial charge < -0.3 is 4.90 Å². The lowest BCUT2D eigenvalue weighted by Gasteiger charge is -2.23. The molecule has 1 aliphatic heterocycles. The minimum absolute atomic E-state index is 0.000469. The summed E-state index contributed by atoms with van der Waals surface area (Å²) in [6.45, 7) is 2.97. The van der Waals surface area contributed by atoms with Gasteiger partial charge in [-0.15, -0.1) is 0 Å². The van der Waals surface area contributed by atoms with E-state index in [-0.39, 0.29) is 18.1 Å². The van der Waals surface area contributed by atoms with E-state index in [9.17, 15) is 4.79 Å². The molecule has 0 spiro atoms. The van der Waals surface area contributed by atoms with E-state index in [2.05, 4.69) is 29.1 Å². The van der Waals surface area contributed by atoms with Gasteiger partial charge in [0, 0.05) is 6.54 Å². The molecule has 4 heteroatoms. The summed E-state index contributed by atoms with van der Waals surface area (Å²) >= 11 is 1.67. The minimum atomic E-state index is -0.229. The van der Waals surface area contributed by atoms with Crippen molar-refractivity contribution in [1.82, 2.24) is 10.2 Å². The fourth-order valence-corrected chi connectivity index (χ4v) is 3.45. The number of hydrogen-bond acceptors (Lipinski definition) is 3. The number of hydrogen-bond donors (Lipinski definition) is 1. The first-order valence-electron chi connectivity index (χ1n) is 7.45. The Morgan fingerprint density at radius 3 is 2.67 bits per heavy atom. The lowest BCUT2D eigenvalue weighted by atomic mass is 10.1. The molecule has 2 aromatic rings. The van der Waals surface area contributed by atoms with Crippen LogP contribution in [-0.2, 0) is 4.79 Å². The van der Waals surface area contributed by atoms with Crippen molar-refractivity contribution >= 4 is 17.2 Å². The van der Waals surface area contributed by atoms with Gasteiger partial charge in [0.25, 0.3) is 0 Å². The normalized spacial score (nSPS) is 22.0. The first-order valence-corrected chi connectivity index (χ1v) is 8.39. The van der Waals surface area contributed by atoms with Crippen LogP contribution in [0.25, 0.3) is 0 Å². The largest absolute Gasteiger partial charge is 0.321 e. The molecule has 0 radical (unpaired) electrons. The fraction of sp³-hybridized carbons (Fsp3) is 0.353. The molecule has 0 aliphatic carbocycles. The quantitative estimate of drug-likeness (QED) is 0.912. The van der Waals surface area contributed by atoms with E-state index >= 15 is 0 Å². The van der Waals surface area contributed by atoms with E-state index in [4.69, 9.17) is 0 Å². The summed E-state index contributed by atoms with van der Waals surface area (Å²) < 4.78 is 0. The first kappa shape index (κ1) is 14.3. The van der Waals surface area contributed by atoms with Crippen LogP contribution in [-0.4, -0.2) is 17.4 Å². The van der Waals surface area contributed by atoms with Crippen LogP contribution < -0.4 is 5.32 Å². The molecule has 2 unspecified atom stereocenters. The summed E-state index contributed by atoms with van der Waals surface area (Å²) in [7, 11) is 0. The Morgan fingerprint density at radius 1 is 1.19 bits per heavy atom. The van der Waals surface area contributed by atoms with Crippen LogP contribution in [0.15, 0.2) is 47.2 Å². The maximum absolute atomic E-state index is 12.8. The van der Waals surface area contributed by atoms with Crippen LogP contribution in [0.3, 0.4) is 0 Å². The Hall–Kier alpha value is -1.65. The maximum Gasteiger partial charge on any atom is 0.245 e. The molecule has 2 atom stereocenters. The summed E-state index contributed by atoms with van der Waals surface area (Å²) in [5.41, 5.74) is 2.23. The second kappa shape index (κ2) is 6.41. The highest BCUT2D eigenvalue weighted by Gasteiger charge is 2.39. The number of thiophene rings is 1. The molecular formula is C17H20N2OS. The van der Waals surface area contributed by atoms with Gasteiger partial charge in [-0.25, -0.2) is 0 Å². The molecule has 3 nitrogen and oxygen atoms in total. The minimum Gasteiger partial charge on any atom is -0.321 e. The molecule has 1 aromatic carbocycles. The molecule has 1 N–H and O–H groups in total. The zero-order valence-corrected chi connectivity index (χ0v) is 13.0. The van der Waals surface area contributed by atoms with Crippen molar-refractivity contribution in [2.45, 2.75) is 32.0 Å². The van der Waals surface area contributed by atoms with Gasteiger partial charge >= 0.3 is 0 Å². The molecule has 3 rings (SSSR count). The van der Waals surface area contributed by atoms with Crippen molar-refractivity contribution in [2.75, 3.05) is 6.54 Å². The second-order valence-electron chi connectivity index (χ2n) is 5.35. The molecule has 110 valence electrons. The van der Waals surface area contributed by atoms with Gasteiger partial charge in [0.05, 0.1) is 0 Å². The number of amides is 1. The van der Waals surface area contributed by atoms with Crippen molar-refractivity contribution in [1.29, 1.82) is 0 Å². The molecule has 21 heavy (non-hydrogen) atoms. The average Bonchev–Trinajstić information content (AvgIpc) is 3.14. The smallest absolute Gasteiger partial charge is 0.245 e. The van der Waals surface area contributed by atoms with E-state index in [1.54, 1.807) is 11.3 Å². The molecule has 1 aliphatic rings. The molecule has 2 heterocycles. The predicted molar refractivity (Wildman–Crippen MR) is 86.0 cm³/mol. The zero-order chi connectivity index (χ0) is 14.7. The zero-order valence-electron chi connectivity index (χ0n) is 12.2. The third kappa shape index (κ3) is 2.87. The highest BCUT2D eigenvalue weighted by Crippen LogP contribution is 2.33. The number of carbonyl (C=O) groups excluding carboxylic acids is 1. The molecular weight excluding hydrogens is 280 g/mol. The lowest BCUT2D eigenvalue weighted by molar-refractivity contribution is -0.130. The monoisotopic (exact) mass is 300 g/mol. The van der Waals surface area contributed by atoms with E-state index in [0.717, 1.165) is 24.9 Å². The number of nitrogens with zero attached hydrogens (tertiary/aromatic N) is 1. The first-order chi connectivity index (χ1) is 10.3. The summed E-state index contributed by atoms with van der Waals surface area (Å²) in [6.07, 6.45) is 2.13. The highest BCUT2D eigenvalue weighted by atomic mass is 32.1. The van der Waals surface area contributed by atoms with Gasteiger partial charge in [-0.2, -0.15) is 11.3 Å². The second-order valence-corrected chi connectivity index (χ2v) is 6.13. The van der Waals surface area contributed by atoms with Crippen LogP contribution in [0.4, 0.5) is 0 Å². The van der Waals surface area contributed by atoms with Crippen LogP contribution in [0.1, 0.15) is 43.1 Å². The molecule has 1 saturated heterocycles. The maximum atomic E-state index is 12.8. The van der Waals surface area contributed by atoms with Gasteiger partial charge in [0.1, 0.15) is 12.2 Å². The Bertz CT molecular complexity index is 582. The SMILES string of the molecule is CCCCN1C(=O)C(c2ccccc2)NC1c1ccsc1. The number of rotatable bonds is 5. The highest BCUT2D eigenvalue weighted by molar-refractivity contribution is 7.07. The van der Waals surface area contributed by atoms with Crippen molar-refractivity contribution in [3.8, 4) is 0 Å². The van der Waals surface area contributed by atoms with Crippen molar-refractivity contribution in [2.24, 2.45) is 0 Å². The molecule has 0 saturated carbocycles. The van der Waals surface area contributed by atoms with E-state index in [1.807, 2.05) is 35.2 Å². The molecule has 1 aromatic heterocycles. The fourth-order valence-electron chi connectivity index (χ4n) is 2.77. The standard InChI is InChI=1S/C17H20N2OS/c1-2-3-10-19-16(14-9-11-21-12-14)18-15(17(19)20)13-7-5-4-6-8-13/h4-9,11-12,15-16,18H,2-3,10H2,1H3. The average molecular weight is 300 g/mol. The Labute approximate surface area is 129 Å². The molecule has 1 amide bonds. The van der Waals surface area contributed by atoms with E-state index < -0.39 is 0 Å². The van der Waals surface area contributed by atoms with Gasteiger partial charge in [-0.1, -0.05) is 43.7 Å². The van der Waals surface area contributed by atoms with Crippen molar-refractivity contribution in [3.05, 3.63) is 58.3 Å². The number of nitrogens with one attached hydrogen (secondary N) is 1. The van der Waals surface area contributed by atoms with Gasteiger partial charge in [0.2, 0.25) is 5.91 Å². The van der Waals surface area contributed by atoms with Crippen molar-refractivity contribution < 1.29 is 4.79 Å². The van der Waals surface area contributed by atoms with Crippen LogP contribution >= 0.6 is 11.3 Å². The van der Waals surface area contributed by atoms with Crippen LogP contribution in [0.5, 0.6) is 0 Å². The summed E-state index contributed by atoms with van der Waals surface area (Å²) in [5, 5.41) is 7.69. The Kier molecular flexibility index (Phi) is 4.36. The van der Waals surface area contributed by atoms with E-state index in [0.29, 0.717) is 0 Å². The predicted octanol–water partition coefficient (Wildman–Crippen LogP) is 3.72. The third-order valence-corrected chi connectivity index (χ3v) is 4.61.